The van der Waals surface area contributed by atoms with Crippen molar-refractivity contribution in [1.82, 2.24) is 14.5 Å². The van der Waals surface area contributed by atoms with Crippen molar-refractivity contribution in [2.24, 2.45) is 0 Å². The summed E-state index contributed by atoms with van der Waals surface area (Å²) in [4.78, 5) is 18.6. The Balaban J connectivity index is 1.72. The number of aromatic nitrogens is 2. The van der Waals surface area contributed by atoms with Gasteiger partial charge in [-0.2, -0.15) is 0 Å². The van der Waals surface area contributed by atoms with Crippen LogP contribution in [0.5, 0.6) is 0 Å². The molecular formula is C18H24BrN3O2. The highest BCUT2D eigenvalue weighted by Crippen LogP contribution is 2.28. The first-order chi connectivity index (χ1) is 11.3. The number of amides is 1. The summed E-state index contributed by atoms with van der Waals surface area (Å²) in [6, 6.07) is 6.55. The Kier molecular flexibility index (Phi) is 4.85. The second kappa shape index (κ2) is 6.75. The Bertz CT molecular complexity index is 735. The molecule has 24 heavy (non-hydrogen) atoms. The molecule has 0 aliphatic carbocycles. The number of carbonyl (C=O) groups excluding carboxylic acids is 1. The lowest BCUT2D eigenvalue weighted by Gasteiger charge is -2.26. The summed E-state index contributed by atoms with van der Waals surface area (Å²) < 4.78 is 8.79. The average Bonchev–Trinajstić information content (AvgIpc) is 2.74. The average molecular weight is 394 g/mol. The molecular weight excluding hydrogens is 370 g/mol. The van der Waals surface area contributed by atoms with Gasteiger partial charge in [-0.15, -0.1) is 0 Å². The second-order valence-electron chi connectivity index (χ2n) is 7.34. The van der Waals surface area contributed by atoms with Gasteiger partial charge < -0.3 is 14.2 Å². The van der Waals surface area contributed by atoms with Crippen LogP contribution in [0.3, 0.4) is 0 Å². The molecule has 0 spiro atoms. The fraction of sp³-hybridized carbons (Fsp3) is 0.556. The molecule has 1 fully saturated rings. The first kappa shape index (κ1) is 17.3. The van der Waals surface area contributed by atoms with Crippen LogP contribution in [-0.4, -0.2) is 39.2 Å². The molecule has 5 nitrogen and oxygen atoms in total. The van der Waals surface area contributed by atoms with Crippen LogP contribution in [0.2, 0.25) is 0 Å². The van der Waals surface area contributed by atoms with E-state index in [0.29, 0.717) is 6.04 Å². The minimum absolute atomic E-state index is 0.206. The predicted molar refractivity (Wildman–Crippen MR) is 98.1 cm³/mol. The molecule has 1 aromatic heterocycles. The van der Waals surface area contributed by atoms with Gasteiger partial charge in [-0.1, -0.05) is 15.9 Å². The molecule has 1 aromatic carbocycles. The topological polar surface area (TPSA) is 47.4 Å². The number of imidazole rings is 1. The van der Waals surface area contributed by atoms with Crippen molar-refractivity contribution >= 4 is 33.1 Å². The van der Waals surface area contributed by atoms with Crippen LogP contribution < -0.4 is 0 Å². The van der Waals surface area contributed by atoms with Gasteiger partial charge in [-0.3, -0.25) is 0 Å². The van der Waals surface area contributed by atoms with Crippen molar-refractivity contribution in [2.75, 3.05) is 13.1 Å². The molecule has 1 amide bonds. The van der Waals surface area contributed by atoms with Crippen molar-refractivity contribution < 1.29 is 9.53 Å². The fourth-order valence-electron chi connectivity index (χ4n) is 3.16. The molecule has 1 atom stereocenters. The molecule has 1 aliphatic rings. The van der Waals surface area contributed by atoms with Gasteiger partial charge in [0.1, 0.15) is 5.60 Å². The van der Waals surface area contributed by atoms with Gasteiger partial charge in [0, 0.05) is 23.6 Å². The lowest BCUT2D eigenvalue weighted by atomic mass is 10.1. The van der Waals surface area contributed by atoms with E-state index < -0.39 is 5.60 Å². The van der Waals surface area contributed by atoms with E-state index in [-0.39, 0.29) is 6.09 Å². The molecule has 0 unspecified atom stereocenters. The molecule has 1 aliphatic heterocycles. The maximum Gasteiger partial charge on any atom is 0.410 e. The first-order valence-corrected chi connectivity index (χ1v) is 9.23. The number of likely N-dealkylation sites (tertiary alicyclic amines) is 1. The van der Waals surface area contributed by atoms with E-state index in [1.54, 1.807) is 0 Å². The van der Waals surface area contributed by atoms with E-state index >= 15 is 0 Å². The van der Waals surface area contributed by atoms with Crippen LogP contribution in [0.1, 0.15) is 46.1 Å². The number of hydrogen-bond donors (Lipinski definition) is 0. The largest absolute Gasteiger partial charge is 0.444 e. The SMILES string of the molecule is CC(C)(C)OC(=O)N1CCC[C@H](n2cnc3cc(Br)ccc32)CC1. The molecule has 0 bridgehead atoms. The van der Waals surface area contributed by atoms with Crippen molar-refractivity contribution in [3.8, 4) is 0 Å². The Hall–Kier alpha value is -1.56. The van der Waals surface area contributed by atoms with Crippen LogP contribution in [0.25, 0.3) is 11.0 Å². The molecule has 0 saturated carbocycles. The molecule has 6 heteroatoms. The number of carbonyl (C=O) groups is 1. The standard InChI is InChI=1S/C18H24BrN3O2/c1-18(2,3)24-17(23)21-9-4-5-14(8-10-21)22-12-20-15-11-13(19)6-7-16(15)22/h6-7,11-12,14H,4-5,8-10H2,1-3H3/t14-/m0/s1. The third kappa shape index (κ3) is 3.91. The maximum atomic E-state index is 12.3. The van der Waals surface area contributed by atoms with E-state index in [4.69, 9.17) is 4.74 Å². The minimum Gasteiger partial charge on any atom is -0.444 e. The van der Waals surface area contributed by atoms with Crippen molar-refractivity contribution in [2.45, 2.75) is 51.7 Å². The van der Waals surface area contributed by atoms with Gasteiger partial charge in [0.25, 0.3) is 0 Å². The van der Waals surface area contributed by atoms with Gasteiger partial charge in [-0.05, 0) is 58.2 Å². The maximum absolute atomic E-state index is 12.3. The molecule has 0 N–H and O–H groups in total. The lowest BCUT2D eigenvalue weighted by Crippen LogP contribution is -2.37. The Morgan fingerprint density at radius 1 is 1.29 bits per heavy atom. The third-order valence-electron chi connectivity index (χ3n) is 4.28. The zero-order valence-corrected chi connectivity index (χ0v) is 16.0. The zero-order chi connectivity index (χ0) is 17.3. The number of halogens is 1. The smallest absolute Gasteiger partial charge is 0.410 e. The van der Waals surface area contributed by atoms with Gasteiger partial charge in [0.2, 0.25) is 0 Å². The molecule has 3 rings (SSSR count). The Morgan fingerprint density at radius 2 is 2.08 bits per heavy atom. The summed E-state index contributed by atoms with van der Waals surface area (Å²) in [5.74, 6) is 0. The van der Waals surface area contributed by atoms with Crippen LogP contribution in [0, 0.1) is 0 Å². The van der Waals surface area contributed by atoms with Crippen LogP contribution in [-0.2, 0) is 4.74 Å². The van der Waals surface area contributed by atoms with E-state index in [1.165, 1.54) is 0 Å². The lowest BCUT2D eigenvalue weighted by molar-refractivity contribution is 0.0255. The minimum atomic E-state index is -0.448. The van der Waals surface area contributed by atoms with Crippen LogP contribution in [0.4, 0.5) is 4.79 Å². The fourth-order valence-corrected chi connectivity index (χ4v) is 3.51. The van der Waals surface area contributed by atoms with Crippen LogP contribution in [0.15, 0.2) is 29.0 Å². The summed E-state index contributed by atoms with van der Waals surface area (Å²) in [5.41, 5.74) is 1.70. The normalized spacial score (nSPS) is 19.3. The molecule has 1 saturated heterocycles. The summed E-state index contributed by atoms with van der Waals surface area (Å²) in [5, 5.41) is 0. The van der Waals surface area contributed by atoms with Crippen molar-refractivity contribution in [3.63, 3.8) is 0 Å². The van der Waals surface area contributed by atoms with E-state index in [1.807, 2.05) is 44.1 Å². The van der Waals surface area contributed by atoms with Gasteiger partial charge >= 0.3 is 6.09 Å². The Morgan fingerprint density at radius 3 is 2.83 bits per heavy atom. The van der Waals surface area contributed by atoms with Gasteiger partial charge in [0.05, 0.1) is 17.4 Å². The second-order valence-corrected chi connectivity index (χ2v) is 8.25. The summed E-state index contributed by atoms with van der Waals surface area (Å²) in [6.45, 7) is 7.18. The number of ether oxygens (including phenoxy) is 1. The predicted octanol–water partition coefficient (Wildman–Crippen LogP) is 4.76. The number of fused-ring (bicyclic) bond motifs is 1. The van der Waals surface area contributed by atoms with Gasteiger partial charge in [-0.25, -0.2) is 9.78 Å². The summed E-state index contributed by atoms with van der Waals surface area (Å²) in [6.07, 6.45) is 4.65. The number of hydrogen-bond acceptors (Lipinski definition) is 3. The van der Waals surface area contributed by atoms with E-state index in [9.17, 15) is 4.79 Å². The molecule has 130 valence electrons. The number of nitrogens with zero attached hydrogens (tertiary/aromatic N) is 3. The zero-order valence-electron chi connectivity index (χ0n) is 14.5. The van der Waals surface area contributed by atoms with Gasteiger partial charge in [0.15, 0.2) is 0 Å². The third-order valence-corrected chi connectivity index (χ3v) is 4.77. The molecule has 0 radical (unpaired) electrons. The van der Waals surface area contributed by atoms with E-state index in [0.717, 1.165) is 47.9 Å². The molecule has 2 aromatic rings. The van der Waals surface area contributed by atoms with E-state index in [2.05, 4.69) is 31.5 Å². The first-order valence-electron chi connectivity index (χ1n) is 8.43. The number of benzene rings is 1. The highest BCUT2D eigenvalue weighted by atomic mass is 79.9. The quantitative estimate of drug-likeness (QED) is 0.701. The monoisotopic (exact) mass is 393 g/mol. The molecule has 2 heterocycles. The van der Waals surface area contributed by atoms with Crippen molar-refractivity contribution in [1.29, 1.82) is 0 Å². The summed E-state index contributed by atoms with van der Waals surface area (Å²) in [7, 11) is 0. The number of rotatable bonds is 1. The highest BCUT2D eigenvalue weighted by Gasteiger charge is 2.26. The van der Waals surface area contributed by atoms with Crippen LogP contribution >= 0.6 is 15.9 Å². The summed E-state index contributed by atoms with van der Waals surface area (Å²) >= 11 is 3.49. The van der Waals surface area contributed by atoms with Crippen molar-refractivity contribution in [3.05, 3.63) is 29.0 Å². The highest BCUT2D eigenvalue weighted by molar-refractivity contribution is 9.10. The Labute approximate surface area is 151 Å².